The highest BCUT2D eigenvalue weighted by Crippen LogP contribution is 2.31. The van der Waals surface area contributed by atoms with Crippen molar-refractivity contribution in [1.82, 2.24) is 14.6 Å². The zero-order valence-electron chi connectivity index (χ0n) is 14.4. The van der Waals surface area contributed by atoms with Gasteiger partial charge >= 0.3 is 6.18 Å². The van der Waals surface area contributed by atoms with Gasteiger partial charge < -0.3 is 10.2 Å². The van der Waals surface area contributed by atoms with Crippen LogP contribution in [0, 0.1) is 5.92 Å². The number of hydrogen-bond acceptors (Lipinski definition) is 5. The van der Waals surface area contributed by atoms with E-state index in [1.54, 1.807) is 4.90 Å². The van der Waals surface area contributed by atoms with Gasteiger partial charge in [0.15, 0.2) is 0 Å². The average Bonchev–Trinajstić information content (AvgIpc) is 2.62. The minimum atomic E-state index is -4.44. The number of pyridine rings is 1. The lowest BCUT2D eigenvalue weighted by Crippen LogP contribution is -2.50. The van der Waals surface area contributed by atoms with Crippen molar-refractivity contribution in [2.45, 2.75) is 19.0 Å². The Morgan fingerprint density at radius 3 is 2.38 bits per heavy atom. The number of alkyl halides is 3. The van der Waals surface area contributed by atoms with Crippen molar-refractivity contribution in [2.24, 2.45) is 5.92 Å². The van der Waals surface area contributed by atoms with E-state index in [0.717, 1.165) is 38.2 Å². The van der Waals surface area contributed by atoms with Crippen LogP contribution in [-0.4, -0.2) is 62.7 Å². The van der Waals surface area contributed by atoms with E-state index in [9.17, 15) is 21.6 Å². The SMILES string of the molecule is O=S(=O)(CC1CCNCC1)N1CCN(c2cncc(C(F)(F)F)c2)CC1. The predicted molar refractivity (Wildman–Crippen MR) is 92.4 cm³/mol. The normalized spacial score (nSPS) is 21.1. The Kier molecular flexibility index (Phi) is 5.73. The first-order valence-corrected chi connectivity index (χ1v) is 10.3. The van der Waals surface area contributed by atoms with E-state index in [1.807, 2.05) is 0 Å². The second kappa shape index (κ2) is 7.69. The third-order valence-electron chi connectivity index (χ3n) is 4.95. The maximum Gasteiger partial charge on any atom is 0.417 e. The summed E-state index contributed by atoms with van der Waals surface area (Å²) in [7, 11) is -3.34. The molecule has 0 spiro atoms. The van der Waals surface area contributed by atoms with E-state index in [0.29, 0.717) is 18.8 Å². The Morgan fingerprint density at radius 2 is 1.77 bits per heavy atom. The van der Waals surface area contributed by atoms with Crippen LogP contribution in [0.15, 0.2) is 18.5 Å². The molecule has 3 heterocycles. The van der Waals surface area contributed by atoms with Gasteiger partial charge in [0.25, 0.3) is 0 Å². The van der Waals surface area contributed by atoms with Gasteiger partial charge in [-0.05, 0) is 37.9 Å². The molecule has 0 amide bonds. The summed E-state index contributed by atoms with van der Waals surface area (Å²) in [6, 6.07) is 1.06. The number of aromatic nitrogens is 1. The van der Waals surface area contributed by atoms with Crippen molar-refractivity contribution in [1.29, 1.82) is 0 Å². The monoisotopic (exact) mass is 392 g/mol. The minimum Gasteiger partial charge on any atom is -0.368 e. The summed E-state index contributed by atoms with van der Waals surface area (Å²) in [5, 5.41) is 3.22. The fourth-order valence-corrected chi connectivity index (χ4v) is 5.29. The predicted octanol–water partition coefficient (Wildman–Crippen LogP) is 1.55. The highest BCUT2D eigenvalue weighted by Gasteiger charge is 2.33. The molecule has 0 unspecified atom stereocenters. The van der Waals surface area contributed by atoms with Gasteiger partial charge in [-0.25, -0.2) is 8.42 Å². The van der Waals surface area contributed by atoms with Crippen LogP contribution in [0.2, 0.25) is 0 Å². The molecule has 1 N–H and O–H groups in total. The van der Waals surface area contributed by atoms with E-state index in [1.165, 1.54) is 10.5 Å². The second-order valence-corrected chi connectivity index (χ2v) is 8.80. The van der Waals surface area contributed by atoms with Gasteiger partial charge in [-0.3, -0.25) is 4.98 Å². The highest BCUT2D eigenvalue weighted by atomic mass is 32.2. The first-order valence-electron chi connectivity index (χ1n) is 8.71. The zero-order chi connectivity index (χ0) is 18.8. The highest BCUT2D eigenvalue weighted by molar-refractivity contribution is 7.89. The molecule has 0 aromatic carbocycles. The molecule has 1 aromatic heterocycles. The van der Waals surface area contributed by atoms with Crippen molar-refractivity contribution < 1.29 is 21.6 Å². The first kappa shape index (κ1) is 19.4. The van der Waals surface area contributed by atoms with Gasteiger partial charge in [-0.15, -0.1) is 0 Å². The van der Waals surface area contributed by atoms with Gasteiger partial charge in [0.05, 0.1) is 23.2 Å². The van der Waals surface area contributed by atoms with Crippen molar-refractivity contribution in [3.8, 4) is 0 Å². The summed E-state index contributed by atoms with van der Waals surface area (Å²) in [4.78, 5) is 5.42. The summed E-state index contributed by atoms with van der Waals surface area (Å²) < 4.78 is 65.2. The number of hydrogen-bond donors (Lipinski definition) is 1. The fourth-order valence-electron chi connectivity index (χ4n) is 3.43. The molecule has 0 radical (unpaired) electrons. The van der Waals surface area contributed by atoms with E-state index >= 15 is 0 Å². The molecular formula is C16H23F3N4O2S. The summed E-state index contributed by atoms with van der Waals surface area (Å²) in [5.74, 6) is 0.326. The van der Waals surface area contributed by atoms with Crippen LogP contribution in [0.3, 0.4) is 0 Å². The maximum atomic E-state index is 12.8. The molecule has 2 fully saturated rings. The number of nitrogens with zero attached hydrogens (tertiary/aromatic N) is 3. The minimum absolute atomic E-state index is 0.153. The molecule has 26 heavy (non-hydrogen) atoms. The molecule has 3 rings (SSSR count). The smallest absolute Gasteiger partial charge is 0.368 e. The molecule has 0 atom stereocenters. The Hall–Kier alpha value is -1.39. The van der Waals surface area contributed by atoms with Crippen molar-refractivity contribution in [2.75, 3.05) is 49.9 Å². The Labute approximate surface area is 151 Å². The largest absolute Gasteiger partial charge is 0.417 e. The van der Waals surface area contributed by atoms with Crippen molar-refractivity contribution >= 4 is 15.7 Å². The third kappa shape index (κ3) is 4.66. The van der Waals surface area contributed by atoms with E-state index in [4.69, 9.17) is 0 Å². The summed E-state index contributed by atoms with van der Waals surface area (Å²) in [6.07, 6.45) is -0.551. The molecule has 0 saturated carbocycles. The number of halogens is 3. The van der Waals surface area contributed by atoms with Crippen LogP contribution in [0.1, 0.15) is 18.4 Å². The lowest BCUT2D eigenvalue weighted by molar-refractivity contribution is -0.137. The van der Waals surface area contributed by atoms with E-state index in [-0.39, 0.29) is 24.8 Å². The average molecular weight is 392 g/mol. The molecule has 6 nitrogen and oxygen atoms in total. The molecule has 0 bridgehead atoms. The number of anilines is 1. The van der Waals surface area contributed by atoms with Crippen LogP contribution in [0.5, 0.6) is 0 Å². The summed E-state index contributed by atoms with van der Waals surface area (Å²) >= 11 is 0. The van der Waals surface area contributed by atoms with E-state index in [2.05, 4.69) is 10.3 Å². The Bertz CT molecular complexity index is 712. The molecule has 2 saturated heterocycles. The zero-order valence-corrected chi connectivity index (χ0v) is 15.2. The number of piperazine rings is 1. The molecule has 10 heteroatoms. The molecule has 0 aliphatic carbocycles. The number of rotatable bonds is 4. The molecule has 146 valence electrons. The third-order valence-corrected chi connectivity index (χ3v) is 7.00. The van der Waals surface area contributed by atoms with Gasteiger partial charge in [0, 0.05) is 32.4 Å². The molecular weight excluding hydrogens is 369 g/mol. The lowest BCUT2D eigenvalue weighted by Gasteiger charge is -2.36. The molecule has 1 aromatic rings. The lowest BCUT2D eigenvalue weighted by atomic mass is 10.0. The van der Waals surface area contributed by atoms with Crippen LogP contribution in [0.25, 0.3) is 0 Å². The number of sulfonamides is 1. The summed E-state index contributed by atoms with van der Waals surface area (Å²) in [6.45, 7) is 2.96. The standard InChI is InChI=1S/C16H23F3N4O2S/c17-16(18,19)14-9-15(11-21-10-14)22-5-7-23(8-6-22)26(24,25)12-13-1-3-20-4-2-13/h9-11,13,20H,1-8,12H2. The van der Waals surface area contributed by atoms with Crippen LogP contribution in [-0.2, 0) is 16.2 Å². The number of nitrogens with one attached hydrogen (secondary N) is 1. The van der Waals surface area contributed by atoms with Gasteiger partial charge in [-0.2, -0.15) is 17.5 Å². The van der Waals surface area contributed by atoms with Gasteiger partial charge in [-0.1, -0.05) is 0 Å². The van der Waals surface area contributed by atoms with Crippen LogP contribution in [0.4, 0.5) is 18.9 Å². The van der Waals surface area contributed by atoms with Gasteiger partial charge in [0.1, 0.15) is 0 Å². The Balaban J connectivity index is 1.60. The first-order chi connectivity index (χ1) is 12.3. The quantitative estimate of drug-likeness (QED) is 0.842. The maximum absolute atomic E-state index is 12.8. The van der Waals surface area contributed by atoms with Crippen LogP contribution < -0.4 is 10.2 Å². The van der Waals surface area contributed by atoms with Crippen molar-refractivity contribution in [3.63, 3.8) is 0 Å². The van der Waals surface area contributed by atoms with Gasteiger partial charge in [0.2, 0.25) is 10.0 Å². The number of piperidine rings is 1. The van der Waals surface area contributed by atoms with Crippen molar-refractivity contribution in [3.05, 3.63) is 24.0 Å². The second-order valence-electron chi connectivity index (χ2n) is 6.79. The Morgan fingerprint density at radius 1 is 1.12 bits per heavy atom. The molecule has 2 aliphatic heterocycles. The van der Waals surface area contributed by atoms with E-state index < -0.39 is 21.8 Å². The fraction of sp³-hybridized carbons (Fsp3) is 0.688. The summed E-state index contributed by atoms with van der Waals surface area (Å²) in [5.41, 5.74) is -0.425. The topological polar surface area (TPSA) is 65.5 Å². The molecule has 2 aliphatic rings. The van der Waals surface area contributed by atoms with Crippen LogP contribution >= 0.6 is 0 Å².